The van der Waals surface area contributed by atoms with Crippen LogP contribution >= 0.6 is 11.6 Å². The van der Waals surface area contributed by atoms with Crippen molar-refractivity contribution in [2.24, 2.45) is 0 Å². The molecule has 0 aromatic rings. The molecule has 1 aliphatic heterocycles. The molecule has 5 heteroatoms. The van der Waals surface area contributed by atoms with E-state index in [4.69, 9.17) is 11.6 Å². The van der Waals surface area contributed by atoms with E-state index in [9.17, 15) is 9.59 Å². The number of carbonyl (C=O) groups excluding carboxylic acids is 2. The first kappa shape index (κ1) is 12.7. The fourth-order valence-corrected chi connectivity index (χ4v) is 2.73. The van der Waals surface area contributed by atoms with E-state index in [1.165, 1.54) is 0 Å². The molecule has 4 nitrogen and oxygen atoms in total. The topological polar surface area (TPSA) is 40.6 Å². The Morgan fingerprint density at radius 3 is 2.59 bits per heavy atom. The average molecular weight is 259 g/mol. The minimum Gasteiger partial charge on any atom is -0.338 e. The standard InChI is InChI=1S/C12H19ClN2O2/c1-9(16)15(10-4-5-10)8-11-3-2-6-14(11)12(17)7-13/h10-11H,2-8H2,1H3/t11-/m1/s1. The molecular formula is C12H19ClN2O2. The van der Waals surface area contributed by atoms with Crippen LogP contribution in [0.15, 0.2) is 0 Å². The third kappa shape index (κ3) is 2.92. The first-order chi connectivity index (χ1) is 8.13. The number of rotatable bonds is 4. The van der Waals surface area contributed by atoms with E-state index >= 15 is 0 Å². The largest absolute Gasteiger partial charge is 0.338 e. The maximum Gasteiger partial charge on any atom is 0.237 e. The number of amides is 2. The Morgan fingerprint density at radius 2 is 2.06 bits per heavy atom. The molecule has 0 N–H and O–H groups in total. The zero-order valence-corrected chi connectivity index (χ0v) is 10.9. The second kappa shape index (κ2) is 5.25. The Morgan fingerprint density at radius 1 is 1.35 bits per heavy atom. The Labute approximate surface area is 107 Å². The zero-order chi connectivity index (χ0) is 12.4. The van der Waals surface area contributed by atoms with Crippen molar-refractivity contribution < 1.29 is 9.59 Å². The number of hydrogen-bond acceptors (Lipinski definition) is 2. The molecule has 96 valence electrons. The van der Waals surface area contributed by atoms with Gasteiger partial charge in [0, 0.05) is 32.1 Å². The van der Waals surface area contributed by atoms with Gasteiger partial charge < -0.3 is 9.80 Å². The van der Waals surface area contributed by atoms with E-state index in [2.05, 4.69) is 0 Å². The first-order valence-corrected chi connectivity index (χ1v) is 6.79. The molecule has 2 aliphatic rings. The highest BCUT2D eigenvalue weighted by Crippen LogP contribution is 2.29. The van der Waals surface area contributed by atoms with Crippen molar-refractivity contribution in [1.82, 2.24) is 9.80 Å². The van der Waals surface area contributed by atoms with Crippen molar-refractivity contribution >= 4 is 23.4 Å². The molecule has 0 bridgehead atoms. The third-order valence-electron chi connectivity index (χ3n) is 3.61. The molecule has 1 saturated heterocycles. The van der Waals surface area contributed by atoms with Crippen LogP contribution in [-0.4, -0.2) is 52.7 Å². The lowest BCUT2D eigenvalue weighted by Gasteiger charge is -2.30. The lowest BCUT2D eigenvalue weighted by Crippen LogP contribution is -2.45. The Kier molecular flexibility index (Phi) is 3.92. The number of halogens is 1. The molecule has 2 fully saturated rings. The predicted molar refractivity (Wildman–Crippen MR) is 65.9 cm³/mol. The van der Waals surface area contributed by atoms with Crippen LogP contribution in [0.3, 0.4) is 0 Å². The minimum atomic E-state index is -0.00605. The summed E-state index contributed by atoms with van der Waals surface area (Å²) >= 11 is 5.60. The lowest BCUT2D eigenvalue weighted by atomic mass is 10.2. The Bertz CT molecular complexity index is 318. The van der Waals surface area contributed by atoms with Crippen LogP contribution in [0.2, 0.25) is 0 Å². The summed E-state index contributed by atoms with van der Waals surface area (Å²) in [5, 5.41) is 0. The van der Waals surface area contributed by atoms with Gasteiger partial charge in [-0.15, -0.1) is 11.6 Å². The van der Waals surface area contributed by atoms with Crippen LogP contribution in [0, 0.1) is 0 Å². The van der Waals surface area contributed by atoms with Crippen LogP contribution in [0.4, 0.5) is 0 Å². The van der Waals surface area contributed by atoms with Crippen molar-refractivity contribution in [2.75, 3.05) is 19.0 Å². The molecule has 2 rings (SSSR count). The van der Waals surface area contributed by atoms with Crippen LogP contribution in [-0.2, 0) is 9.59 Å². The first-order valence-electron chi connectivity index (χ1n) is 6.26. The molecule has 2 amide bonds. The van der Waals surface area contributed by atoms with Gasteiger partial charge in [-0.1, -0.05) is 0 Å². The van der Waals surface area contributed by atoms with Gasteiger partial charge in [0.1, 0.15) is 5.88 Å². The molecule has 0 radical (unpaired) electrons. The van der Waals surface area contributed by atoms with E-state index in [1.807, 2.05) is 9.80 Å². The molecule has 0 unspecified atom stereocenters. The summed E-state index contributed by atoms with van der Waals surface area (Å²) < 4.78 is 0. The van der Waals surface area contributed by atoms with E-state index in [1.54, 1.807) is 6.92 Å². The highest BCUT2D eigenvalue weighted by Gasteiger charge is 2.36. The van der Waals surface area contributed by atoms with Gasteiger partial charge in [-0.25, -0.2) is 0 Å². The van der Waals surface area contributed by atoms with Gasteiger partial charge in [0.2, 0.25) is 11.8 Å². The van der Waals surface area contributed by atoms with Gasteiger partial charge in [0.05, 0.1) is 0 Å². The quantitative estimate of drug-likeness (QED) is 0.712. The summed E-state index contributed by atoms with van der Waals surface area (Å²) in [4.78, 5) is 27.0. The fourth-order valence-electron chi connectivity index (χ4n) is 2.58. The van der Waals surface area contributed by atoms with Gasteiger partial charge in [-0.3, -0.25) is 9.59 Å². The molecule has 1 saturated carbocycles. The van der Waals surface area contributed by atoms with E-state index in [0.29, 0.717) is 12.6 Å². The molecule has 1 aliphatic carbocycles. The average Bonchev–Trinajstić information content (AvgIpc) is 3.03. The van der Waals surface area contributed by atoms with Crippen molar-refractivity contribution in [3.63, 3.8) is 0 Å². The highest BCUT2D eigenvalue weighted by molar-refractivity contribution is 6.27. The van der Waals surface area contributed by atoms with Crippen LogP contribution in [0.25, 0.3) is 0 Å². The Balaban J connectivity index is 1.96. The van der Waals surface area contributed by atoms with Crippen LogP contribution < -0.4 is 0 Å². The summed E-state index contributed by atoms with van der Waals surface area (Å²) in [6.45, 7) is 3.08. The molecule has 17 heavy (non-hydrogen) atoms. The molecular weight excluding hydrogens is 240 g/mol. The maximum absolute atomic E-state index is 11.7. The van der Waals surface area contributed by atoms with Gasteiger partial charge >= 0.3 is 0 Å². The number of carbonyl (C=O) groups is 2. The number of likely N-dealkylation sites (tertiary alicyclic amines) is 1. The molecule has 0 aromatic carbocycles. The van der Waals surface area contributed by atoms with Gasteiger partial charge in [0.25, 0.3) is 0 Å². The van der Waals surface area contributed by atoms with Crippen molar-refractivity contribution in [3.05, 3.63) is 0 Å². The van der Waals surface area contributed by atoms with Crippen LogP contribution in [0.5, 0.6) is 0 Å². The zero-order valence-electron chi connectivity index (χ0n) is 10.2. The lowest BCUT2D eigenvalue weighted by molar-refractivity contribution is -0.134. The summed E-state index contributed by atoms with van der Waals surface area (Å²) in [6.07, 6.45) is 4.22. The fraction of sp³-hybridized carbons (Fsp3) is 0.833. The molecule has 1 heterocycles. The second-order valence-electron chi connectivity index (χ2n) is 4.92. The van der Waals surface area contributed by atoms with E-state index in [0.717, 1.165) is 32.2 Å². The van der Waals surface area contributed by atoms with Crippen molar-refractivity contribution in [1.29, 1.82) is 0 Å². The van der Waals surface area contributed by atoms with E-state index in [-0.39, 0.29) is 23.7 Å². The summed E-state index contributed by atoms with van der Waals surface area (Å²) in [6, 6.07) is 0.590. The maximum atomic E-state index is 11.7. The molecule has 1 atom stereocenters. The number of hydrogen-bond donors (Lipinski definition) is 0. The SMILES string of the molecule is CC(=O)N(C[C@H]1CCCN1C(=O)CCl)C1CC1. The molecule has 0 spiro atoms. The van der Waals surface area contributed by atoms with E-state index < -0.39 is 0 Å². The highest BCUT2D eigenvalue weighted by atomic mass is 35.5. The monoisotopic (exact) mass is 258 g/mol. The summed E-state index contributed by atoms with van der Waals surface area (Å²) in [5.74, 6) is 0.158. The summed E-state index contributed by atoms with van der Waals surface area (Å²) in [7, 11) is 0. The van der Waals surface area contributed by atoms with Gasteiger partial charge in [0.15, 0.2) is 0 Å². The van der Waals surface area contributed by atoms with Crippen LogP contribution in [0.1, 0.15) is 32.6 Å². The third-order valence-corrected chi connectivity index (χ3v) is 3.84. The van der Waals surface area contributed by atoms with Crippen molar-refractivity contribution in [3.8, 4) is 0 Å². The smallest absolute Gasteiger partial charge is 0.237 e. The molecule has 0 aromatic heterocycles. The van der Waals surface area contributed by atoms with Gasteiger partial charge in [-0.05, 0) is 25.7 Å². The number of alkyl halides is 1. The second-order valence-corrected chi connectivity index (χ2v) is 5.19. The van der Waals surface area contributed by atoms with Crippen molar-refractivity contribution in [2.45, 2.75) is 44.7 Å². The minimum absolute atomic E-state index is 0.00605. The predicted octanol–water partition coefficient (Wildman–Crippen LogP) is 1.23. The van der Waals surface area contributed by atoms with Gasteiger partial charge in [-0.2, -0.15) is 0 Å². The number of nitrogens with zero attached hydrogens (tertiary/aromatic N) is 2. The Hall–Kier alpha value is -0.770. The summed E-state index contributed by atoms with van der Waals surface area (Å²) in [5.41, 5.74) is 0. The normalized spacial score (nSPS) is 23.9.